The largest absolute Gasteiger partial charge is 0.569 e. The summed E-state index contributed by atoms with van der Waals surface area (Å²) in [5.74, 6) is -1.79. The average Bonchev–Trinajstić information content (AvgIpc) is 3.64. The van der Waals surface area contributed by atoms with Crippen molar-refractivity contribution in [3.63, 3.8) is 0 Å². The summed E-state index contributed by atoms with van der Waals surface area (Å²) < 4.78 is 79.4. The Labute approximate surface area is 268 Å². The molecule has 0 spiro atoms. The fraction of sp³-hybridized carbons (Fsp3) is 0.414. The highest BCUT2D eigenvalue weighted by Crippen LogP contribution is 2.33. The second-order valence-corrected chi connectivity index (χ2v) is 13.3. The van der Waals surface area contributed by atoms with E-state index in [-0.39, 0.29) is 40.8 Å². The fourth-order valence-electron chi connectivity index (χ4n) is 4.39. The number of alkyl halides is 3. The number of rotatable bonds is 9. The molecule has 2 heterocycles. The third-order valence-electron chi connectivity index (χ3n) is 6.67. The molecule has 0 aliphatic carbocycles. The molecule has 14 nitrogen and oxygen atoms in total. The van der Waals surface area contributed by atoms with Crippen LogP contribution < -0.4 is 4.72 Å². The van der Waals surface area contributed by atoms with Crippen molar-refractivity contribution in [1.82, 2.24) is 19.5 Å². The lowest BCUT2D eigenvalue weighted by Gasteiger charge is -2.20. The summed E-state index contributed by atoms with van der Waals surface area (Å²) in [6, 6.07) is 12.5. The van der Waals surface area contributed by atoms with Crippen molar-refractivity contribution in [3.05, 3.63) is 71.1 Å². The van der Waals surface area contributed by atoms with Crippen molar-refractivity contribution in [3.8, 4) is 16.9 Å². The summed E-state index contributed by atoms with van der Waals surface area (Å²) in [7, 11) is -4.39. The molecular weight excluding hydrogens is 649 g/mol. The number of sulfonamides is 1. The minimum absolute atomic E-state index is 0.0393. The zero-order chi connectivity index (χ0) is 34.7. The molecule has 2 atom stereocenters. The van der Waals surface area contributed by atoms with Crippen LogP contribution in [0, 0.1) is 18.0 Å². The van der Waals surface area contributed by atoms with E-state index >= 15 is 0 Å². The van der Waals surface area contributed by atoms with Crippen molar-refractivity contribution < 1.29 is 50.5 Å². The first-order valence-electron chi connectivity index (χ1n) is 14.2. The fourth-order valence-corrected chi connectivity index (χ4v) is 5.43. The summed E-state index contributed by atoms with van der Waals surface area (Å²) in [4.78, 5) is 29.1. The molecule has 1 fully saturated rings. The van der Waals surface area contributed by atoms with Crippen LogP contribution in [0.25, 0.3) is 16.9 Å². The Morgan fingerprint density at radius 1 is 1.11 bits per heavy atom. The van der Waals surface area contributed by atoms with Gasteiger partial charge in [-0.15, -0.1) is 5.01 Å². The van der Waals surface area contributed by atoms with Crippen molar-refractivity contribution >= 4 is 22.1 Å². The summed E-state index contributed by atoms with van der Waals surface area (Å²) in [5.41, 5.74) is -0.266. The number of ether oxygens (including phenoxy) is 2. The number of hydrogen-bond donors (Lipinski definition) is 1. The number of nitrogens with one attached hydrogen (secondary N) is 1. The molecule has 4 rings (SSSR count). The van der Waals surface area contributed by atoms with Crippen LogP contribution in [0.2, 0.25) is 0 Å². The monoisotopic (exact) mass is 682 g/mol. The normalized spacial score (nSPS) is 16.5. The van der Waals surface area contributed by atoms with Gasteiger partial charge in [0, 0.05) is 12.5 Å². The van der Waals surface area contributed by atoms with E-state index in [0.717, 1.165) is 33.5 Å². The van der Waals surface area contributed by atoms with Crippen LogP contribution >= 0.6 is 0 Å². The number of benzene rings is 2. The zero-order valence-corrected chi connectivity index (χ0v) is 26.8. The lowest BCUT2D eigenvalue weighted by Crippen LogP contribution is -2.38. The van der Waals surface area contributed by atoms with Crippen LogP contribution in [0.1, 0.15) is 45.4 Å². The minimum atomic E-state index is -4.72. The number of hydrogen-bond acceptors (Lipinski definition) is 10. The van der Waals surface area contributed by atoms with Crippen molar-refractivity contribution in [1.29, 1.82) is 0 Å². The Hall–Kier alpha value is -4.87. The van der Waals surface area contributed by atoms with Gasteiger partial charge in [0.1, 0.15) is 5.60 Å². The van der Waals surface area contributed by atoms with Gasteiger partial charge in [-0.2, -0.15) is 18.3 Å². The lowest BCUT2D eigenvalue weighted by atomic mass is 10.1. The molecular formula is C29H33F3N6O8S. The maximum Gasteiger partial charge on any atom is 0.511 e. The summed E-state index contributed by atoms with van der Waals surface area (Å²) in [5, 5.41) is 20.4. The summed E-state index contributed by atoms with van der Waals surface area (Å²) in [6.07, 6.45) is -6.90. The maximum absolute atomic E-state index is 13.5. The van der Waals surface area contributed by atoms with Gasteiger partial charge < -0.3 is 14.7 Å². The second-order valence-electron chi connectivity index (χ2n) is 11.6. The van der Waals surface area contributed by atoms with E-state index in [9.17, 15) is 36.4 Å². The Bertz CT molecular complexity index is 1740. The van der Waals surface area contributed by atoms with Gasteiger partial charge >= 0.3 is 12.3 Å². The van der Waals surface area contributed by atoms with Gasteiger partial charge in [-0.1, -0.05) is 29.8 Å². The number of hydrazine groups is 1. The molecule has 1 saturated heterocycles. The van der Waals surface area contributed by atoms with Crippen molar-refractivity contribution in [2.75, 3.05) is 13.1 Å². The molecule has 1 N–H and O–H groups in total. The molecule has 0 radical (unpaired) electrons. The van der Waals surface area contributed by atoms with Gasteiger partial charge in [0.15, 0.2) is 5.69 Å². The molecule has 0 saturated carbocycles. The number of nitrogens with zero attached hydrogens (tertiary/aromatic N) is 5. The van der Waals surface area contributed by atoms with Crippen LogP contribution in [-0.4, -0.2) is 65.2 Å². The van der Waals surface area contributed by atoms with Gasteiger partial charge in [-0.3, -0.25) is 9.63 Å². The van der Waals surface area contributed by atoms with Gasteiger partial charge in [0.05, 0.1) is 40.3 Å². The third-order valence-corrected chi connectivity index (χ3v) is 8.03. The average molecular weight is 683 g/mol. The molecule has 1 aliphatic heterocycles. The third kappa shape index (κ3) is 9.11. The van der Waals surface area contributed by atoms with Crippen LogP contribution in [0.15, 0.2) is 64.8 Å². The molecule has 2 unspecified atom stereocenters. The molecule has 3 aromatic rings. The van der Waals surface area contributed by atoms with Gasteiger partial charge in [0.25, 0.3) is 16.3 Å². The van der Waals surface area contributed by atoms with E-state index < -0.39 is 51.8 Å². The Balaban J connectivity index is 1.40. The number of aromatic nitrogens is 2. The molecule has 1 amide bonds. The van der Waals surface area contributed by atoms with Crippen molar-refractivity contribution in [2.24, 2.45) is 11.2 Å². The molecule has 0 bridgehead atoms. The van der Waals surface area contributed by atoms with Crippen LogP contribution in [0.3, 0.4) is 0 Å². The van der Waals surface area contributed by atoms with E-state index in [2.05, 4.69) is 10.4 Å². The topological polar surface area (TPSA) is 167 Å². The predicted octanol–water partition coefficient (Wildman–Crippen LogP) is 5.10. The SMILES string of the molecule is Cc1ccc(-c2cc(C(F)(F)F)nn2-c2ccc(S(=O)(=O)NC(=O)C3CCN(/[N+]([O-])=N/OC(C)OC(=O)OC(C)(C)C)C3)cc2)cc1. The highest BCUT2D eigenvalue weighted by atomic mass is 32.2. The first-order valence-corrected chi connectivity index (χ1v) is 15.7. The van der Waals surface area contributed by atoms with Crippen molar-refractivity contribution in [2.45, 2.75) is 64.0 Å². The number of carbonyl (C=O) groups is 2. The van der Waals surface area contributed by atoms with Crippen LogP contribution in [0.4, 0.5) is 18.0 Å². The van der Waals surface area contributed by atoms with Crippen LogP contribution in [-0.2, 0) is 35.3 Å². The zero-order valence-electron chi connectivity index (χ0n) is 26.0. The molecule has 18 heteroatoms. The summed E-state index contributed by atoms with van der Waals surface area (Å²) >= 11 is 0. The second kappa shape index (κ2) is 13.5. The number of aryl methyl sites for hydroxylation is 1. The first-order chi connectivity index (χ1) is 21.8. The van der Waals surface area contributed by atoms with Gasteiger partial charge in [-0.05, 0) is 64.4 Å². The molecule has 1 aliphatic rings. The molecule has 2 aromatic carbocycles. The van der Waals surface area contributed by atoms with E-state index in [0.29, 0.717) is 5.56 Å². The molecule has 1 aromatic heterocycles. The smallest absolute Gasteiger partial charge is 0.511 e. The van der Waals surface area contributed by atoms with E-state index in [1.807, 2.05) is 11.6 Å². The Kier molecular flexibility index (Phi) is 10.0. The van der Waals surface area contributed by atoms with Gasteiger partial charge in [0.2, 0.25) is 11.2 Å². The van der Waals surface area contributed by atoms with E-state index in [1.165, 1.54) is 19.1 Å². The minimum Gasteiger partial charge on any atom is -0.569 e. The van der Waals surface area contributed by atoms with Gasteiger partial charge in [-0.25, -0.2) is 22.6 Å². The quantitative estimate of drug-likeness (QED) is 0.105. The number of amides is 1. The Morgan fingerprint density at radius 3 is 2.34 bits per heavy atom. The summed E-state index contributed by atoms with van der Waals surface area (Å²) in [6.45, 7) is 7.88. The van der Waals surface area contributed by atoms with E-state index in [1.54, 1.807) is 45.0 Å². The highest BCUT2D eigenvalue weighted by molar-refractivity contribution is 7.90. The first kappa shape index (κ1) is 35.0. The number of carbonyl (C=O) groups excluding carboxylic acids is 2. The van der Waals surface area contributed by atoms with Crippen LogP contribution in [0.5, 0.6) is 0 Å². The van der Waals surface area contributed by atoms with E-state index in [4.69, 9.17) is 14.3 Å². The predicted molar refractivity (Wildman–Crippen MR) is 158 cm³/mol. The number of halogens is 3. The molecule has 254 valence electrons. The Morgan fingerprint density at radius 2 is 1.74 bits per heavy atom. The standard InChI is InChI=1S/C29H33F3N6O8S/c1-18-6-8-20(9-7-18)24-16-25(29(30,31)32)33-37(24)22-10-12-23(13-11-22)47(42,43)34-26(39)21-14-15-36(17-21)38(41)35-46-19(2)44-27(40)45-28(3,4)5/h6-13,16,19,21H,14-15,17H2,1-5H3,(H,34,39)/b38-35-. The highest BCUT2D eigenvalue weighted by Gasteiger charge is 2.36. The maximum atomic E-state index is 13.5. The lowest BCUT2D eigenvalue weighted by molar-refractivity contribution is -0.709. The molecule has 47 heavy (non-hydrogen) atoms.